The largest absolute Gasteiger partial charge is 0.444 e. The molecular formula is C39H44FN7O6. The third-order valence-corrected chi connectivity index (χ3v) is 9.79. The van der Waals surface area contributed by atoms with E-state index in [9.17, 15) is 23.6 Å². The average molecular weight is 726 g/mol. The van der Waals surface area contributed by atoms with Crippen molar-refractivity contribution in [3.05, 3.63) is 105 Å². The topological polar surface area (TPSA) is 141 Å². The highest BCUT2D eigenvalue weighted by molar-refractivity contribution is 6.03. The maximum atomic E-state index is 13.6. The maximum absolute atomic E-state index is 13.6. The number of hydrogen-bond donors (Lipinski definition) is 1. The van der Waals surface area contributed by atoms with Crippen molar-refractivity contribution in [3.8, 4) is 17.3 Å². The number of aromatic nitrogens is 4. The van der Waals surface area contributed by atoms with Crippen LogP contribution < -0.4 is 21.3 Å². The van der Waals surface area contributed by atoms with E-state index in [0.717, 1.165) is 73.2 Å². The van der Waals surface area contributed by atoms with E-state index >= 15 is 0 Å². The highest BCUT2D eigenvalue weighted by atomic mass is 19.1. The van der Waals surface area contributed by atoms with Gasteiger partial charge in [0.15, 0.2) is 0 Å². The van der Waals surface area contributed by atoms with Gasteiger partial charge >= 0.3 is 11.8 Å². The van der Waals surface area contributed by atoms with Gasteiger partial charge in [-0.05, 0) is 113 Å². The second-order valence-electron chi connectivity index (χ2n) is 15.1. The van der Waals surface area contributed by atoms with Crippen LogP contribution in [0.5, 0.6) is 11.6 Å². The van der Waals surface area contributed by atoms with Crippen LogP contribution in [-0.4, -0.2) is 72.7 Å². The number of halogens is 1. The highest BCUT2D eigenvalue weighted by Gasteiger charge is 2.30. The SMILES string of the molecule is CC(C)(C)OC(=O)N1CCC(CN2CCc3c(ncnc3Oc3ccc(NC(=O)c4cn(CC5CC5)c(=O)n(-c5ccc(F)cc5)c4=O)cc3)C2)CC1. The Morgan fingerprint density at radius 2 is 1.60 bits per heavy atom. The van der Waals surface area contributed by atoms with Gasteiger partial charge in [0.05, 0.1) is 11.4 Å². The van der Waals surface area contributed by atoms with Crippen molar-refractivity contribution < 1.29 is 23.5 Å². The van der Waals surface area contributed by atoms with Crippen molar-refractivity contribution in [1.82, 2.24) is 28.9 Å². The van der Waals surface area contributed by atoms with E-state index < -0.39 is 28.6 Å². The van der Waals surface area contributed by atoms with Gasteiger partial charge in [0.1, 0.15) is 29.1 Å². The fraction of sp³-hybridized carbons (Fsp3) is 0.436. The maximum Gasteiger partial charge on any atom is 0.410 e. The van der Waals surface area contributed by atoms with Crippen molar-refractivity contribution in [1.29, 1.82) is 0 Å². The zero-order valence-electron chi connectivity index (χ0n) is 30.2. The summed E-state index contributed by atoms with van der Waals surface area (Å²) < 4.78 is 27.6. The van der Waals surface area contributed by atoms with Gasteiger partial charge in [-0.3, -0.25) is 19.1 Å². The molecule has 0 radical (unpaired) electrons. The van der Waals surface area contributed by atoms with E-state index in [1.165, 1.54) is 29.2 Å². The first-order valence-electron chi connectivity index (χ1n) is 18.1. The standard InChI is InChI=1S/C39H44FN7O6/c1-39(2,3)53-38(51)45-18-14-26(15-19-45)20-44-17-16-31-33(23-44)41-24-42-35(31)52-30-12-8-28(9-13-30)43-34(48)32-22-46(21-25-4-5-25)37(50)47(36(32)49)29-10-6-27(40)7-11-29/h6-13,22,24-26H,4-5,14-21,23H2,1-3H3,(H,43,48). The Balaban J connectivity index is 0.979. The fourth-order valence-electron chi connectivity index (χ4n) is 6.81. The summed E-state index contributed by atoms with van der Waals surface area (Å²) in [4.78, 5) is 65.8. The second kappa shape index (κ2) is 14.9. The molecule has 53 heavy (non-hydrogen) atoms. The number of benzene rings is 2. The van der Waals surface area contributed by atoms with Crippen molar-refractivity contribution in [2.24, 2.45) is 11.8 Å². The first-order valence-corrected chi connectivity index (χ1v) is 18.1. The first kappa shape index (κ1) is 36.0. The number of ether oxygens (including phenoxy) is 2. The van der Waals surface area contributed by atoms with E-state index in [0.29, 0.717) is 55.3 Å². The van der Waals surface area contributed by atoms with Gasteiger partial charge in [-0.25, -0.2) is 28.5 Å². The van der Waals surface area contributed by atoms with E-state index in [2.05, 4.69) is 20.2 Å². The molecule has 2 aliphatic heterocycles. The zero-order valence-corrected chi connectivity index (χ0v) is 30.2. The summed E-state index contributed by atoms with van der Waals surface area (Å²) in [5, 5.41) is 2.76. The third-order valence-electron chi connectivity index (χ3n) is 9.79. The number of amides is 2. The second-order valence-corrected chi connectivity index (χ2v) is 15.1. The van der Waals surface area contributed by atoms with Crippen LogP contribution in [-0.2, 0) is 24.2 Å². The van der Waals surface area contributed by atoms with Gasteiger partial charge < -0.3 is 19.7 Å². The van der Waals surface area contributed by atoms with Gasteiger partial charge in [-0.15, -0.1) is 0 Å². The van der Waals surface area contributed by atoms with E-state index in [1.807, 2.05) is 20.8 Å². The van der Waals surface area contributed by atoms with Crippen LogP contribution in [0.4, 0.5) is 14.9 Å². The van der Waals surface area contributed by atoms with Crippen LogP contribution >= 0.6 is 0 Å². The Labute approximate surface area is 306 Å². The molecule has 4 aromatic rings. The Kier molecular flexibility index (Phi) is 10.1. The molecule has 2 aromatic carbocycles. The molecule has 0 spiro atoms. The number of hydrogen-bond acceptors (Lipinski definition) is 9. The fourth-order valence-corrected chi connectivity index (χ4v) is 6.81. The summed E-state index contributed by atoms with van der Waals surface area (Å²) in [5.41, 5.74) is 0.404. The van der Waals surface area contributed by atoms with Crippen LogP contribution in [0.3, 0.4) is 0 Å². The quantitative estimate of drug-likeness (QED) is 0.241. The van der Waals surface area contributed by atoms with Gasteiger partial charge in [0.2, 0.25) is 5.88 Å². The molecule has 278 valence electrons. The molecule has 1 saturated carbocycles. The smallest absolute Gasteiger partial charge is 0.410 e. The van der Waals surface area contributed by atoms with E-state index in [1.54, 1.807) is 29.2 Å². The lowest BCUT2D eigenvalue weighted by Crippen LogP contribution is -2.44. The monoisotopic (exact) mass is 725 g/mol. The molecule has 0 atom stereocenters. The molecule has 0 bridgehead atoms. The van der Waals surface area contributed by atoms with E-state index in [-0.39, 0.29) is 17.3 Å². The Morgan fingerprint density at radius 1 is 0.906 bits per heavy atom. The lowest BCUT2D eigenvalue weighted by atomic mass is 9.95. The molecule has 3 aliphatic rings. The Bertz CT molecular complexity index is 2100. The normalized spacial score (nSPS) is 16.6. The molecule has 2 amide bonds. The molecule has 1 N–H and O–H groups in total. The number of piperidine rings is 1. The number of rotatable bonds is 9. The van der Waals surface area contributed by atoms with Crippen LogP contribution in [0.1, 0.15) is 68.1 Å². The van der Waals surface area contributed by atoms with Crippen molar-refractivity contribution in [2.45, 2.75) is 71.6 Å². The Hall–Kier alpha value is -5.37. The molecule has 1 aliphatic carbocycles. The molecule has 7 rings (SSSR count). The van der Waals surface area contributed by atoms with Crippen LogP contribution in [0.2, 0.25) is 0 Å². The third kappa shape index (κ3) is 8.65. The predicted molar refractivity (Wildman–Crippen MR) is 195 cm³/mol. The number of fused-ring (bicyclic) bond motifs is 1. The summed E-state index contributed by atoms with van der Waals surface area (Å²) in [6, 6.07) is 11.7. The highest BCUT2D eigenvalue weighted by Crippen LogP contribution is 2.31. The summed E-state index contributed by atoms with van der Waals surface area (Å²) in [7, 11) is 0. The molecule has 2 fully saturated rings. The van der Waals surface area contributed by atoms with Crippen LogP contribution in [0.15, 0.2) is 70.6 Å². The summed E-state index contributed by atoms with van der Waals surface area (Å²) in [6.07, 6.45) is 7.09. The van der Waals surface area contributed by atoms with Gasteiger partial charge in [-0.1, -0.05) is 0 Å². The lowest BCUT2D eigenvalue weighted by Gasteiger charge is -2.36. The van der Waals surface area contributed by atoms with Crippen LogP contribution in [0, 0.1) is 17.7 Å². The number of likely N-dealkylation sites (tertiary alicyclic amines) is 1. The minimum Gasteiger partial charge on any atom is -0.444 e. The molecule has 2 aromatic heterocycles. The predicted octanol–water partition coefficient (Wildman–Crippen LogP) is 5.39. The molecule has 4 heterocycles. The van der Waals surface area contributed by atoms with Gasteiger partial charge in [0, 0.05) is 56.7 Å². The minimum atomic E-state index is -0.790. The number of carbonyl (C=O) groups excluding carboxylic acids is 2. The van der Waals surface area contributed by atoms with E-state index in [4.69, 9.17) is 9.47 Å². The van der Waals surface area contributed by atoms with Gasteiger partial charge in [-0.2, -0.15) is 0 Å². The van der Waals surface area contributed by atoms with Crippen molar-refractivity contribution in [2.75, 3.05) is 31.5 Å². The van der Waals surface area contributed by atoms with Crippen LogP contribution in [0.25, 0.3) is 5.69 Å². The van der Waals surface area contributed by atoms with Crippen molar-refractivity contribution >= 4 is 17.7 Å². The van der Waals surface area contributed by atoms with Gasteiger partial charge in [0.25, 0.3) is 11.5 Å². The molecular weight excluding hydrogens is 681 g/mol. The number of anilines is 1. The number of nitrogens with zero attached hydrogens (tertiary/aromatic N) is 6. The summed E-state index contributed by atoms with van der Waals surface area (Å²) >= 11 is 0. The lowest BCUT2D eigenvalue weighted by molar-refractivity contribution is 0.0167. The molecule has 1 saturated heterocycles. The zero-order chi connectivity index (χ0) is 37.3. The number of carbonyl (C=O) groups is 2. The number of nitrogens with one attached hydrogen (secondary N) is 1. The summed E-state index contributed by atoms with van der Waals surface area (Å²) in [6.45, 7) is 9.86. The summed E-state index contributed by atoms with van der Waals surface area (Å²) in [5.74, 6) is 0.603. The average Bonchev–Trinajstić information content (AvgIpc) is 3.95. The first-order chi connectivity index (χ1) is 25.4. The molecule has 14 heteroatoms. The van der Waals surface area contributed by atoms with Crippen molar-refractivity contribution in [3.63, 3.8) is 0 Å². The molecule has 13 nitrogen and oxygen atoms in total. The minimum absolute atomic E-state index is 0.180. The Morgan fingerprint density at radius 3 is 2.28 bits per heavy atom. The molecule has 0 unspecified atom stereocenters.